The molecule has 8 heteroatoms. The van der Waals surface area contributed by atoms with Gasteiger partial charge in [-0.1, -0.05) is 48.0 Å². The number of amides is 1. The number of fused-ring (bicyclic) bond motifs is 1. The number of hydrogen-bond donors (Lipinski definition) is 0. The molecule has 0 atom stereocenters. The molecule has 5 nitrogen and oxygen atoms in total. The van der Waals surface area contributed by atoms with Gasteiger partial charge < -0.3 is 4.90 Å². The van der Waals surface area contributed by atoms with Gasteiger partial charge in [-0.05, 0) is 23.8 Å². The lowest BCUT2D eigenvalue weighted by molar-refractivity contribution is -0.131. The smallest absolute Gasteiger partial charge is 0.271 e. The molecule has 2 aromatic carbocycles. The third-order valence-electron chi connectivity index (χ3n) is 4.75. The molecule has 2 aromatic heterocycles. The second-order valence-electron chi connectivity index (χ2n) is 6.82. The molecule has 152 valence electrons. The van der Waals surface area contributed by atoms with Gasteiger partial charge in [-0.2, -0.15) is 0 Å². The Balaban J connectivity index is 1.57. The highest BCUT2D eigenvalue weighted by atomic mass is 35.5. The fourth-order valence-corrected chi connectivity index (χ4v) is 4.37. The van der Waals surface area contributed by atoms with Crippen LogP contribution in [-0.2, 0) is 17.9 Å². The number of nitrogens with zero attached hydrogens (tertiary/aromatic N) is 3. The summed E-state index contributed by atoms with van der Waals surface area (Å²) in [6.07, 6.45) is 1.37. The van der Waals surface area contributed by atoms with Crippen LogP contribution in [0.4, 0.5) is 4.39 Å². The summed E-state index contributed by atoms with van der Waals surface area (Å²) in [6.45, 7) is -0.186. The Morgan fingerprint density at radius 3 is 2.70 bits per heavy atom. The van der Waals surface area contributed by atoms with Crippen LogP contribution in [0.25, 0.3) is 20.7 Å². The van der Waals surface area contributed by atoms with Crippen molar-refractivity contribution in [3.63, 3.8) is 0 Å². The normalized spacial score (nSPS) is 11.0. The highest BCUT2D eigenvalue weighted by Gasteiger charge is 2.17. The molecule has 0 aliphatic carbocycles. The molecule has 4 aromatic rings. The SMILES string of the molecule is CN(Cc1c(F)cccc1Cl)C(=O)Cn1cnc2cc(-c3ccccc3)sc2c1=O. The van der Waals surface area contributed by atoms with Crippen molar-refractivity contribution in [3.8, 4) is 10.4 Å². The molecule has 0 bridgehead atoms. The molecule has 0 aliphatic rings. The van der Waals surface area contributed by atoms with Crippen LogP contribution in [0.15, 0.2) is 65.7 Å². The van der Waals surface area contributed by atoms with Gasteiger partial charge in [0.15, 0.2) is 0 Å². The van der Waals surface area contributed by atoms with Gasteiger partial charge in [0.25, 0.3) is 5.56 Å². The number of likely N-dealkylation sites (N-methyl/N-ethyl adjacent to an activating group) is 1. The third-order valence-corrected chi connectivity index (χ3v) is 6.27. The molecule has 2 heterocycles. The average Bonchev–Trinajstić information content (AvgIpc) is 3.18. The number of hydrogen-bond acceptors (Lipinski definition) is 4. The Bertz CT molecular complexity index is 1270. The first-order valence-electron chi connectivity index (χ1n) is 9.15. The number of carbonyl (C=O) groups excluding carboxylic acids is 1. The molecule has 0 spiro atoms. The summed E-state index contributed by atoms with van der Waals surface area (Å²) in [4.78, 5) is 32.1. The average molecular weight is 442 g/mol. The van der Waals surface area contributed by atoms with Crippen molar-refractivity contribution < 1.29 is 9.18 Å². The summed E-state index contributed by atoms with van der Waals surface area (Å²) >= 11 is 7.39. The zero-order valence-corrected chi connectivity index (χ0v) is 17.6. The van der Waals surface area contributed by atoms with Crippen molar-refractivity contribution in [1.29, 1.82) is 0 Å². The minimum absolute atomic E-state index is 0.00587. The molecular formula is C22H17ClFN3O2S. The van der Waals surface area contributed by atoms with Crippen LogP contribution in [0.3, 0.4) is 0 Å². The van der Waals surface area contributed by atoms with E-state index in [0.29, 0.717) is 10.2 Å². The minimum Gasteiger partial charge on any atom is -0.340 e. The Morgan fingerprint density at radius 2 is 1.97 bits per heavy atom. The Hall–Kier alpha value is -3.03. The van der Waals surface area contributed by atoms with Crippen LogP contribution in [0, 0.1) is 5.82 Å². The molecule has 0 fully saturated rings. The highest BCUT2D eigenvalue weighted by molar-refractivity contribution is 7.22. The summed E-state index contributed by atoms with van der Waals surface area (Å²) in [5, 5.41) is 0.252. The lowest BCUT2D eigenvalue weighted by atomic mass is 10.2. The molecule has 0 unspecified atom stereocenters. The zero-order valence-electron chi connectivity index (χ0n) is 16.0. The maximum atomic E-state index is 14.0. The second-order valence-corrected chi connectivity index (χ2v) is 8.28. The summed E-state index contributed by atoms with van der Waals surface area (Å²) < 4.78 is 15.8. The summed E-state index contributed by atoms with van der Waals surface area (Å²) in [7, 11) is 1.54. The number of rotatable bonds is 5. The Morgan fingerprint density at radius 1 is 1.20 bits per heavy atom. The fraction of sp³-hybridized carbons (Fsp3) is 0.136. The maximum absolute atomic E-state index is 14.0. The summed E-state index contributed by atoms with van der Waals surface area (Å²) in [5.41, 5.74) is 1.56. The van der Waals surface area contributed by atoms with Crippen LogP contribution < -0.4 is 5.56 Å². The van der Waals surface area contributed by atoms with E-state index in [4.69, 9.17) is 11.6 Å². The number of thiophene rings is 1. The van der Waals surface area contributed by atoms with Crippen LogP contribution in [0.5, 0.6) is 0 Å². The number of carbonyl (C=O) groups is 1. The van der Waals surface area contributed by atoms with Gasteiger partial charge in [-0.25, -0.2) is 9.37 Å². The van der Waals surface area contributed by atoms with Crippen LogP contribution in [0.2, 0.25) is 5.02 Å². The van der Waals surface area contributed by atoms with Gasteiger partial charge >= 0.3 is 0 Å². The number of benzene rings is 2. The van der Waals surface area contributed by atoms with Crippen molar-refractivity contribution in [2.24, 2.45) is 0 Å². The molecule has 4 rings (SSSR count). The highest BCUT2D eigenvalue weighted by Crippen LogP contribution is 2.30. The maximum Gasteiger partial charge on any atom is 0.271 e. The van der Waals surface area contributed by atoms with Gasteiger partial charge in [-0.15, -0.1) is 11.3 Å². The first-order valence-corrected chi connectivity index (χ1v) is 10.3. The molecule has 0 saturated carbocycles. The quantitative estimate of drug-likeness (QED) is 0.455. The Kier molecular flexibility index (Phi) is 5.65. The second kappa shape index (κ2) is 8.38. The van der Waals surface area contributed by atoms with E-state index in [2.05, 4.69) is 4.98 Å². The van der Waals surface area contributed by atoms with Crippen molar-refractivity contribution in [2.45, 2.75) is 13.1 Å². The van der Waals surface area contributed by atoms with E-state index < -0.39 is 5.82 Å². The minimum atomic E-state index is -0.477. The number of halogens is 2. The number of aromatic nitrogens is 2. The van der Waals surface area contributed by atoms with Gasteiger partial charge in [0.05, 0.1) is 11.8 Å². The first-order chi connectivity index (χ1) is 14.4. The lowest BCUT2D eigenvalue weighted by Gasteiger charge is -2.19. The van der Waals surface area contributed by atoms with E-state index in [0.717, 1.165) is 10.4 Å². The largest absolute Gasteiger partial charge is 0.340 e. The van der Waals surface area contributed by atoms with E-state index in [1.165, 1.54) is 39.3 Å². The van der Waals surface area contributed by atoms with Crippen molar-refractivity contribution in [1.82, 2.24) is 14.5 Å². The van der Waals surface area contributed by atoms with Crippen molar-refractivity contribution in [2.75, 3.05) is 7.05 Å². The zero-order chi connectivity index (χ0) is 21.3. The van der Waals surface area contributed by atoms with E-state index in [1.807, 2.05) is 36.4 Å². The summed E-state index contributed by atoms with van der Waals surface area (Å²) in [6, 6.07) is 16.0. The third kappa shape index (κ3) is 3.99. The first kappa shape index (κ1) is 20.3. The Labute approximate surface area is 181 Å². The predicted molar refractivity (Wildman–Crippen MR) is 117 cm³/mol. The van der Waals surface area contributed by atoms with Crippen LogP contribution >= 0.6 is 22.9 Å². The molecule has 0 aliphatic heterocycles. The topological polar surface area (TPSA) is 55.2 Å². The van der Waals surface area contributed by atoms with Crippen LogP contribution in [-0.4, -0.2) is 27.4 Å². The van der Waals surface area contributed by atoms with Gasteiger partial charge in [0.1, 0.15) is 17.1 Å². The van der Waals surface area contributed by atoms with E-state index in [1.54, 1.807) is 13.1 Å². The van der Waals surface area contributed by atoms with Crippen LogP contribution in [0.1, 0.15) is 5.56 Å². The molecule has 0 radical (unpaired) electrons. The van der Waals surface area contributed by atoms with E-state index in [-0.39, 0.29) is 35.1 Å². The predicted octanol–water partition coefficient (Wildman–Crippen LogP) is 4.58. The van der Waals surface area contributed by atoms with Gasteiger partial charge in [0.2, 0.25) is 5.91 Å². The van der Waals surface area contributed by atoms with E-state index >= 15 is 0 Å². The van der Waals surface area contributed by atoms with Crippen molar-refractivity contribution >= 4 is 39.1 Å². The van der Waals surface area contributed by atoms with Gasteiger partial charge in [0, 0.05) is 29.1 Å². The molecule has 0 saturated heterocycles. The molecular weight excluding hydrogens is 425 g/mol. The fourth-order valence-electron chi connectivity index (χ4n) is 3.08. The summed E-state index contributed by atoms with van der Waals surface area (Å²) in [5.74, 6) is -0.827. The van der Waals surface area contributed by atoms with Crippen molar-refractivity contribution in [3.05, 3.63) is 87.7 Å². The standard InChI is InChI=1S/C22H17ClFN3O2S/c1-26(11-15-16(23)8-5-9-17(15)24)20(28)12-27-13-25-18-10-19(30-21(18)22(27)29)14-6-3-2-4-7-14/h2-10,13H,11-12H2,1H3. The molecule has 0 N–H and O–H groups in total. The van der Waals surface area contributed by atoms with Gasteiger partial charge in [-0.3, -0.25) is 14.2 Å². The van der Waals surface area contributed by atoms with E-state index in [9.17, 15) is 14.0 Å². The molecule has 1 amide bonds. The lowest BCUT2D eigenvalue weighted by Crippen LogP contribution is -2.33. The molecule has 30 heavy (non-hydrogen) atoms. The monoisotopic (exact) mass is 441 g/mol.